The van der Waals surface area contributed by atoms with Gasteiger partial charge < -0.3 is 9.94 Å². The molecule has 1 aromatic rings. The molecule has 4 heteroatoms. The number of rotatable bonds is 2. The van der Waals surface area contributed by atoms with Crippen molar-refractivity contribution in [3.8, 4) is 5.75 Å². The molecular weight excluding hydrogens is 234 g/mol. The Balaban J connectivity index is 3.23. The van der Waals surface area contributed by atoms with Gasteiger partial charge in [0.1, 0.15) is 5.75 Å². The molecule has 0 unspecified atom stereocenters. The molecule has 70 valence electrons. The highest BCUT2D eigenvalue weighted by molar-refractivity contribution is 9.10. The Hall–Kier alpha value is -1.03. The van der Waals surface area contributed by atoms with Crippen molar-refractivity contribution >= 4 is 21.6 Å². The largest absolute Gasteiger partial charge is 0.496 e. The fourth-order valence-electron chi connectivity index (χ4n) is 1.02. The van der Waals surface area contributed by atoms with Crippen LogP contribution in [0.5, 0.6) is 5.75 Å². The maximum atomic E-state index is 8.62. The van der Waals surface area contributed by atoms with Gasteiger partial charge in [-0.3, -0.25) is 0 Å². The van der Waals surface area contributed by atoms with Crippen LogP contribution in [0.4, 0.5) is 0 Å². The number of hydrogen-bond acceptors (Lipinski definition) is 3. The van der Waals surface area contributed by atoms with Gasteiger partial charge in [0.25, 0.3) is 0 Å². The summed E-state index contributed by atoms with van der Waals surface area (Å²) in [6, 6.07) is 5.52. The molecule has 0 aliphatic rings. The van der Waals surface area contributed by atoms with Gasteiger partial charge in [-0.15, -0.1) is 0 Å². The molecule has 1 rings (SSSR count). The molecule has 13 heavy (non-hydrogen) atoms. The second kappa shape index (κ2) is 4.28. The first-order valence-electron chi connectivity index (χ1n) is 3.71. The summed E-state index contributed by atoms with van der Waals surface area (Å²) in [5, 5.41) is 11.7. The van der Waals surface area contributed by atoms with Crippen molar-refractivity contribution in [3.05, 3.63) is 28.2 Å². The van der Waals surface area contributed by atoms with E-state index in [1.165, 1.54) is 0 Å². The number of benzene rings is 1. The zero-order valence-electron chi connectivity index (χ0n) is 7.41. The normalized spacial score (nSPS) is 11.5. The van der Waals surface area contributed by atoms with Gasteiger partial charge in [0, 0.05) is 10.0 Å². The molecule has 0 radical (unpaired) electrons. The predicted molar refractivity (Wildman–Crippen MR) is 54.7 cm³/mol. The van der Waals surface area contributed by atoms with E-state index >= 15 is 0 Å². The fraction of sp³-hybridized carbons (Fsp3) is 0.222. The Morgan fingerprint density at radius 1 is 1.54 bits per heavy atom. The van der Waals surface area contributed by atoms with Crippen LogP contribution >= 0.6 is 15.9 Å². The van der Waals surface area contributed by atoms with E-state index in [9.17, 15) is 0 Å². The van der Waals surface area contributed by atoms with E-state index in [0.29, 0.717) is 11.5 Å². The van der Waals surface area contributed by atoms with Crippen molar-refractivity contribution in [2.45, 2.75) is 6.92 Å². The van der Waals surface area contributed by atoms with Crippen LogP contribution in [0.15, 0.2) is 27.8 Å². The van der Waals surface area contributed by atoms with Crippen molar-refractivity contribution < 1.29 is 9.94 Å². The van der Waals surface area contributed by atoms with Gasteiger partial charge in [0.15, 0.2) is 0 Å². The summed E-state index contributed by atoms with van der Waals surface area (Å²) in [5.41, 5.74) is 1.30. The van der Waals surface area contributed by atoms with E-state index in [1.54, 1.807) is 14.0 Å². The molecule has 0 aromatic heterocycles. The first-order valence-corrected chi connectivity index (χ1v) is 4.51. The SMILES string of the molecule is COc1ccc(Br)cc1/C(C)=N/O. The topological polar surface area (TPSA) is 41.8 Å². The van der Waals surface area contributed by atoms with Crippen LogP contribution in [0.25, 0.3) is 0 Å². The minimum absolute atomic E-state index is 0.526. The third-order valence-corrected chi connectivity index (χ3v) is 2.19. The predicted octanol–water partition coefficient (Wildman–Crippen LogP) is 2.66. The molecule has 0 atom stereocenters. The molecule has 0 amide bonds. The van der Waals surface area contributed by atoms with Crippen LogP contribution < -0.4 is 4.74 Å². The number of nitrogens with zero attached hydrogens (tertiary/aromatic N) is 1. The summed E-state index contributed by atoms with van der Waals surface area (Å²) in [6.45, 7) is 1.71. The number of ether oxygens (including phenoxy) is 1. The van der Waals surface area contributed by atoms with E-state index in [1.807, 2.05) is 18.2 Å². The Bertz CT molecular complexity index is 336. The first kappa shape index (κ1) is 10.1. The Morgan fingerprint density at radius 3 is 2.77 bits per heavy atom. The highest BCUT2D eigenvalue weighted by atomic mass is 79.9. The quantitative estimate of drug-likeness (QED) is 0.493. The summed E-state index contributed by atoms with van der Waals surface area (Å²) in [7, 11) is 1.58. The second-order valence-corrected chi connectivity index (χ2v) is 3.45. The Morgan fingerprint density at radius 2 is 2.23 bits per heavy atom. The molecule has 1 N–H and O–H groups in total. The first-order chi connectivity index (χ1) is 6.19. The smallest absolute Gasteiger partial charge is 0.128 e. The molecule has 0 bridgehead atoms. The summed E-state index contributed by atoms with van der Waals surface area (Å²) < 4.78 is 6.03. The average Bonchev–Trinajstić information content (AvgIpc) is 2.16. The third kappa shape index (κ3) is 2.21. The summed E-state index contributed by atoms with van der Waals surface area (Å²) in [6.07, 6.45) is 0. The van der Waals surface area contributed by atoms with Crippen molar-refractivity contribution in [1.29, 1.82) is 0 Å². The van der Waals surface area contributed by atoms with Crippen molar-refractivity contribution in [2.24, 2.45) is 5.16 Å². The summed E-state index contributed by atoms with van der Waals surface area (Å²) in [4.78, 5) is 0. The van der Waals surface area contributed by atoms with Gasteiger partial charge in [0.2, 0.25) is 0 Å². The van der Waals surface area contributed by atoms with Gasteiger partial charge >= 0.3 is 0 Å². The highest BCUT2D eigenvalue weighted by Gasteiger charge is 2.06. The van der Waals surface area contributed by atoms with Gasteiger partial charge in [-0.05, 0) is 25.1 Å². The van der Waals surface area contributed by atoms with Crippen molar-refractivity contribution in [1.82, 2.24) is 0 Å². The lowest BCUT2D eigenvalue weighted by molar-refractivity contribution is 0.318. The Kier molecular flexibility index (Phi) is 3.31. The maximum absolute atomic E-state index is 8.62. The molecule has 1 aromatic carbocycles. The van der Waals surface area contributed by atoms with E-state index < -0.39 is 0 Å². The lowest BCUT2D eigenvalue weighted by Gasteiger charge is -2.06. The van der Waals surface area contributed by atoms with Crippen LogP contribution in [0.2, 0.25) is 0 Å². The van der Waals surface area contributed by atoms with Gasteiger partial charge in [-0.25, -0.2) is 0 Å². The van der Waals surface area contributed by atoms with Crippen molar-refractivity contribution in [3.63, 3.8) is 0 Å². The lowest BCUT2D eigenvalue weighted by atomic mass is 10.1. The van der Waals surface area contributed by atoms with Crippen molar-refractivity contribution in [2.75, 3.05) is 7.11 Å². The zero-order valence-corrected chi connectivity index (χ0v) is 9.00. The highest BCUT2D eigenvalue weighted by Crippen LogP contribution is 2.23. The molecule has 0 heterocycles. The fourth-order valence-corrected chi connectivity index (χ4v) is 1.38. The van der Waals surface area contributed by atoms with Crippen LogP contribution in [0.1, 0.15) is 12.5 Å². The Labute approximate surface area is 85.2 Å². The summed E-state index contributed by atoms with van der Waals surface area (Å²) >= 11 is 3.33. The van der Waals surface area contributed by atoms with E-state index in [-0.39, 0.29) is 0 Å². The molecule has 0 saturated heterocycles. The molecule has 0 spiro atoms. The molecule has 3 nitrogen and oxygen atoms in total. The number of oxime groups is 1. The monoisotopic (exact) mass is 243 g/mol. The van der Waals surface area contributed by atoms with Crippen LogP contribution in [-0.2, 0) is 0 Å². The van der Waals surface area contributed by atoms with Crippen LogP contribution in [0.3, 0.4) is 0 Å². The molecule has 0 aliphatic heterocycles. The van der Waals surface area contributed by atoms with E-state index in [4.69, 9.17) is 9.94 Å². The van der Waals surface area contributed by atoms with Crippen LogP contribution in [0, 0.1) is 0 Å². The third-order valence-electron chi connectivity index (χ3n) is 1.70. The summed E-state index contributed by atoms with van der Waals surface area (Å²) in [5.74, 6) is 0.693. The average molecular weight is 244 g/mol. The standard InChI is InChI=1S/C9H10BrNO2/c1-6(11-12)8-5-7(10)3-4-9(8)13-2/h3-5,12H,1-2H3/b11-6+. The van der Waals surface area contributed by atoms with Gasteiger partial charge in [0.05, 0.1) is 12.8 Å². The van der Waals surface area contributed by atoms with E-state index in [0.717, 1.165) is 10.0 Å². The van der Waals surface area contributed by atoms with Gasteiger partial charge in [-0.2, -0.15) is 0 Å². The zero-order chi connectivity index (χ0) is 9.84. The number of halogens is 1. The second-order valence-electron chi connectivity index (χ2n) is 2.53. The molecule has 0 saturated carbocycles. The maximum Gasteiger partial charge on any atom is 0.128 e. The molecular formula is C9H10BrNO2. The minimum Gasteiger partial charge on any atom is -0.496 e. The number of hydrogen-bond donors (Lipinski definition) is 1. The number of methoxy groups -OCH3 is 1. The molecule has 0 fully saturated rings. The molecule has 0 aliphatic carbocycles. The van der Waals surface area contributed by atoms with Crippen LogP contribution in [-0.4, -0.2) is 18.0 Å². The minimum atomic E-state index is 0.526. The lowest BCUT2D eigenvalue weighted by Crippen LogP contribution is -1.98. The van der Waals surface area contributed by atoms with Gasteiger partial charge in [-0.1, -0.05) is 21.1 Å². The van der Waals surface area contributed by atoms with E-state index in [2.05, 4.69) is 21.1 Å².